The van der Waals surface area contributed by atoms with E-state index in [9.17, 15) is 4.79 Å². The first-order valence-electron chi connectivity index (χ1n) is 7.78. The van der Waals surface area contributed by atoms with E-state index in [-0.39, 0.29) is 17.1 Å². The van der Waals surface area contributed by atoms with E-state index in [0.717, 1.165) is 41.3 Å². The molecule has 0 saturated heterocycles. The summed E-state index contributed by atoms with van der Waals surface area (Å²) in [5.41, 5.74) is 4.01. The maximum Gasteiger partial charge on any atom is 0.232 e. The number of fused-ring (bicyclic) bond motifs is 1. The second-order valence-electron chi connectivity index (χ2n) is 7.65. The van der Waals surface area contributed by atoms with Crippen LogP contribution in [0.25, 0.3) is 0 Å². The summed E-state index contributed by atoms with van der Waals surface area (Å²) < 4.78 is 5.44. The predicted molar refractivity (Wildman–Crippen MR) is 82.1 cm³/mol. The summed E-state index contributed by atoms with van der Waals surface area (Å²) >= 11 is 0. The van der Waals surface area contributed by atoms with Crippen LogP contribution in [0, 0.1) is 18.3 Å². The van der Waals surface area contributed by atoms with Crippen LogP contribution in [0.1, 0.15) is 64.1 Å². The number of carbonyl (C=O) groups is 1. The molecule has 0 aromatic carbocycles. The van der Waals surface area contributed by atoms with Gasteiger partial charge in [0.05, 0.1) is 5.69 Å². The summed E-state index contributed by atoms with van der Waals surface area (Å²) in [5, 5.41) is 7.44. The molecule has 2 aliphatic rings. The van der Waals surface area contributed by atoms with Gasteiger partial charge in [0, 0.05) is 29.2 Å². The molecular weight excluding hydrogens is 264 g/mol. The largest absolute Gasteiger partial charge is 0.338 e. The number of aryl methyl sites for hydroxylation is 1. The lowest BCUT2D eigenvalue weighted by Gasteiger charge is -2.38. The Labute approximate surface area is 126 Å². The Balaban J connectivity index is 2.10. The fourth-order valence-electron chi connectivity index (χ4n) is 3.72. The molecule has 1 aliphatic carbocycles. The maximum atomic E-state index is 12.7. The van der Waals surface area contributed by atoms with Crippen LogP contribution in [0.4, 0.5) is 5.88 Å². The van der Waals surface area contributed by atoms with Crippen LogP contribution < -0.4 is 5.32 Å². The fourth-order valence-corrected chi connectivity index (χ4v) is 3.72. The van der Waals surface area contributed by atoms with Gasteiger partial charge in [0.25, 0.3) is 0 Å². The summed E-state index contributed by atoms with van der Waals surface area (Å²) in [6, 6.07) is 0. The van der Waals surface area contributed by atoms with Gasteiger partial charge in [-0.1, -0.05) is 32.9 Å². The van der Waals surface area contributed by atoms with E-state index in [4.69, 9.17) is 4.52 Å². The number of allylic oxidation sites excluding steroid dienone is 2. The first kappa shape index (κ1) is 14.4. The van der Waals surface area contributed by atoms with Gasteiger partial charge in [-0.25, -0.2) is 0 Å². The van der Waals surface area contributed by atoms with Crippen molar-refractivity contribution in [2.45, 2.75) is 59.8 Å². The number of rotatable bonds is 2. The average Bonchev–Trinajstić information content (AvgIpc) is 2.67. The number of aromatic nitrogens is 1. The van der Waals surface area contributed by atoms with Crippen molar-refractivity contribution in [3.63, 3.8) is 0 Å². The molecule has 0 unspecified atom stereocenters. The van der Waals surface area contributed by atoms with Gasteiger partial charge in [-0.05, 0) is 31.1 Å². The lowest BCUT2D eigenvalue weighted by atomic mass is 9.69. The molecule has 1 atom stereocenters. The van der Waals surface area contributed by atoms with E-state index in [0.29, 0.717) is 12.3 Å². The number of hydrogen-bond donors (Lipinski definition) is 1. The van der Waals surface area contributed by atoms with E-state index in [1.807, 2.05) is 6.92 Å². The number of ketones is 1. The topological polar surface area (TPSA) is 55.1 Å². The zero-order valence-electron chi connectivity index (χ0n) is 13.5. The van der Waals surface area contributed by atoms with Crippen molar-refractivity contribution in [1.82, 2.24) is 5.16 Å². The van der Waals surface area contributed by atoms with Crippen molar-refractivity contribution in [2.75, 3.05) is 5.32 Å². The number of anilines is 1. The standard InChI is InChI=1S/C17H24N2O2/c1-9(2)6-11-14-10(3)19-21-16(14)18-12-7-17(4,5)8-13(20)15(11)12/h9,11,18H,6-8H2,1-5H3/t11-/m1/s1. The molecule has 21 heavy (non-hydrogen) atoms. The van der Waals surface area contributed by atoms with Crippen molar-refractivity contribution in [1.29, 1.82) is 0 Å². The first-order valence-corrected chi connectivity index (χ1v) is 7.78. The minimum Gasteiger partial charge on any atom is -0.338 e. The van der Waals surface area contributed by atoms with Gasteiger partial charge >= 0.3 is 0 Å². The molecule has 4 nitrogen and oxygen atoms in total. The van der Waals surface area contributed by atoms with E-state index >= 15 is 0 Å². The molecule has 0 saturated carbocycles. The minimum absolute atomic E-state index is 0.0118. The molecule has 0 bridgehead atoms. The third-order valence-electron chi connectivity index (χ3n) is 4.50. The van der Waals surface area contributed by atoms with Crippen molar-refractivity contribution < 1.29 is 9.32 Å². The lowest BCUT2D eigenvalue weighted by Crippen LogP contribution is -2.33. The quantitative estimate of drug-likeness (QED) is 0.887. The van der Waals surface area contributed by atoms with Gasteiger partial charge in [-0.15, -0.1) is 0 Å². The summed E-state index contributed by atoms with van der Waals surface area (Å²) in [6.07, 6.45) is 2.48. The summed E-state index contributed by atoms with van der Waals surface area (Å²) in [6.45, 7) is 10.6. The summed E-state index contributed by atoms with van der Waals surface area (Å²) in [4.78, 5) is 12.7. The number of carbonyl (C=O) groups excluding carboxylic acids is 1. The maximum absolute atomic E-state index is 12.7. The second-order valence-corrected chi connectivity index (χ2v) is 7.65. The molecule has 2 heterocycles. The van der Waals surface area contributed by atoms with Crippen LogP contribution >= 0.6 is 0 Å². The van der Waals surface area contributed by atoms with Crippen LogP contribution in [-0.2, 0) is 4.79 Å². The molecule has 0 fully saturated rings. The molecule has 4 heteroatoms. The molecule has 1 aromatic rings. The zero-order valence-corrected chi connectivity index (χ0v) is 13.5. The highest BCUT2D eigenvalue weighted by Gasteiger charge is 2.42. The average molecular weight is 288 g/mol. The molecule has 0 spiro atoms. The van der Waals surface area contributed by atoms with Gasteiger partial charge in [0.15, 0.2) is 5.78 Å². The number of Topliss-reactive ketones (excluding diaryl/α,β-unsaturated/α-hetero) is 1. The highest BCUT2D eigenvalue weighted by molar-refractivity contribution is 6.00. The number of nitrogens with zero attached hydrogens (tertiary/aromatic N) is 1. The second kappa shape index (κ2) is 4.72. The smallest absolute Gasteiger partial charge is 0.232 e. The molecule has 0 amide bonds. The van der Waals surface area contributed by atoms with Crippen LogP contribution in [0.15, 0.2) is 15.8 Å². The van der Waals surface area contributed by atoms with Crippen LogP contribution in [0.3, 0.4) is 0 Å². The molecule has 1 aliphatic heterocycles. The summed E-state index contributed by atoms with van der Waals surface area (Å²) in [7, 11) is 0. The number of nitrogens with one attached hydrogen (secondary N) is 1. The van der Waals surface area contributed by atoms with E-state index in [2.05, 4.69) is 38.2 Å². The fraction of sp³-hybridized carbons (Fsp3) is 0.647. The highest BCUT2D eigenvalue weighted by Crippen LogP contribution is 2.49. The highest BCUT2D eigenvalue weighted by atomic mass is 16.5. The van der Waals surface area contributed by atoms with Gasteiger partial charge < -0.3 is 9.84 Å². The first-order chi connectivity index (χ1) is 9.78. The normalized spacial score (nSPS) is 23.9. The molecule has 1 aromatic heterocycles. The van der Waals surface area contributed by atoms with Gasteiger partial charge in [-0.3, -0.25) is 4.79 Å². The Bertz CT molecular complexity index is 623. The Morgan fingerprint density at radius 3 is 2.76 bits per heavy atom. The van der Waals surface area contributed by atoms with E-state index < -0.39 is 0 Å². The number of hydrogen-bond acceptors (Lipinski definition) is 4. The third kappa shape index (κ3) is 2.41. The molecule has 3 rings (SSSR count). The Morgan fingerprint density at radius 2 is 2.10 bits per heavy atom. The molecule has 1 N–H and O–H groups in total. The van der Waals surface area contributed by atoms with E-state index in [1.54, 1.807) is 0 Å². The lowest BCUT2D eigenvalue weighted by molar-refractivity contribution is -0.118. The third-order valence-corrected chi connectivity index (χ3v) is 4.50. The molecule has 0 radical (unpaired) electrons. The Kier molecular flexibility index (Phi) is 3.23. The minimum atomic E-state index is 0.0118. The van der Waals surface area contributed by atoms with Crippen LogP contribution in [0.2, 0.25) is 0 Å². The van der Waals surface area contributed by atoms with Crippen molar-refractivity contribution in [3.05, 3.63) is 22.5 Å². The predicted octanol–water partition coefficient (Wildman–Crippen LogP) is 4.18. The van der Waals surface area contributed by atoms with Crippen LogP contribution in [0.5, 0.6) is 0 Å². The Hall–Kier alpha value is -1.58. The van der Waals surface area contributed by atoms with E-state index in [1.165, 1.54) is 0 Å². The summed E-state index contributed by atoms with van der Waals surface area (Å²) in [5.74, 6) is 1.67. The van der Waals surface area contributed by atoms with Crippen molar-refractivity contribution in [2.24, 2.45) is 11.3 Å². The van der Waals surface area contributed by atoms with Gasteiger partial charge in [0.1, 0.15) is 0 Å². The van der Waals surface area contributed by atoms with Crippen molar-refractivity contribution >= 4 is 11.7 Å². The SMILES string of the molecule is Cc1noc2c1[C@@H](CC(C)C)C1=C(CC(C)(C)CC1=O)N2. The zero-order chi connectivity index (χ0) is 15.4. The monoisotopic (exact) mass is 288 g/mol. The van der Waals surface area contributed by atoms with Crippen LogP contribution in [-0.4, -0.2) is 10.9 Å². The van der Waals surface area contributed by atoms with Crippen molar-refractivity contribution in [3.8, 4) is 0 Å². The molecular formula is C17H24N2O2. The van der Waals surface area contributed by atoms with Gasteiger partial charge in [-0.2, -0.15) is 0 Å². The Morgan fingerprint density at radius 1 is 1.38 bits per heavy atom. The molecule has 114 valence electrons. The van der Waals surface area contributed by atoms with Gasteiger partial charge in [0.2, 0.25) is 5.88 Å².